The second-order valence-corrected chi connectivity index (χ2v) is 8.56. The van der Waals surface area contributed by atoms with Gasteiger partial charge in [0.25, 0.3) is 0 Å². The van der Waals surface area contributed by atoms with Crippen LogP contribution in [0.4, 0.5) is 16.2 Å². The first kappa shape index (κ1) is 22.0. The summed E-state index contributed by atoms with van der Waals surface area (Å²) < 4.78 is 7.84. The SMILES string of the molecule is O=C(Nc1ccc(Oc2ccccc2)cc1)Nc1ccc2c(cnn2CCN2CCCCC2)c1. The Morgan fingerprint density at radius 2 is 1.53 bits per heavy atom. The number of piperidine rings is 1. The van der Waals surface area contributed by atoms with Gasteiger partial charge in [-0.25, -0.2) is 4.79 Å². The second kappa shape index (κ2) is 10.4. The molecule has 1 fully saturated rings. The summed E-state index contributed by atoms with van der Waals surface area (Å²) in [5, 5.41) is 11.3. The Labute approximate surface area is 199 Å². The van der Waals surface area contributed by atoms with Crippen LogP contribution >= 0.6 is 0 Å². The average molecular weight is 456 g/mol. The fourth-order valence-electron chi connectivity index (χ4n) is 4.29. The molecule has 0 bridgehead atoms. The highest BCUT2D eigenvalue weighted by Gasteiger charge is 2.11. The zero-order valence-electron chi connectivity index (χ0n) is 19.1. The van der Waals surface area contributed by atoms with Gasteiger partial charge in [0.05, 0.1) is 18.3 Å². The van der Waals surface area contributed by atoms with Gasteiger partial charge in [-0.1, -0.05) is 24.6 Å². The van der Waals surface area contributed by atoms with Gasteiger partial charge in [-0.3, -0.25) is 4.68 Å². The molecule has 7 heteroatoms. The van der Waals surface area contributed by atoms with Crippen molar-refractivity contribution in [3.8, 4) is 11.5 Å². The molecule has 34 heavy (non-hydrogen) atoms. The number of amides is 2. The first-order valence-electron chi connectivity index (χ1n) is 11.8. The summed E-state index contributed by atoms with van der Waals surface area (Å²) in [5.41, 5.74) is 2.49. The van der Waals surface area contributed by atoms with Gasteiger partial charge in [-0.2, -0.15) is 5.10 Å². The fraction of sp³-hybridized carbons (Fsp3) is 0.259. The van der Waals surface area contributed by atoms with Crippen LogP contribution in [0.5, 0.6) is 11.5 Å². The molecule has 5 rings (SSSR count). The molecule has 1 aliphatic heterocycles. The Morgan fingerprint density at radius 1 is 0.824 bits per heavy atom. The van der Waals surface area contributed by atoms with Crippen LogP contribution in [0, 0.1) is 0 Å². The normalized spacial score (nSPS) is 14.1. The van der Waals surface area contributed by atoms with Crippen molar-refractivity contribution in [2.75, 3.05) is 30.3 Å². The number of ether oxygens (including phenoxy) is 1. The molecule has 0 radical (unpaired) electrons. The first-order valence-corrected chi connectivity index (χ1v) is 11.8. The van der Waals surface area contributed by atoms with E-state index in [0.29, 0.717) is 11.4 Å². The number of para-hydroxylation sites is 1. The third-order valence-corrected chi connectivity index (χ3v) is 6.07. The lowest BCUT2D eigenvalue weighted by atomic mass is 10.1. The third-order valence-electron chi connectivity index (χ3n) is 6.07. The zero-order chi connectivity index (χ0) is 23.2. The Bertz CT molecular complexity index is 1230. The quantitative estimate of drug-likeness (QED) is 0.361. The molecule has 0 aliphatic carbocycles. The van der Waals surface area contributed by atoms with Crippen LogP contribution in [0.3, 0.4) is 0 Å². The van der Waals surface area contributed by atoms with Crippen molar-refractivity contribution in [3.63, 3.8) is 0 Å². The molecular formula is C27H29N5O2. The van der Waals surface area contributed by atoms with E-state index in [1.54, 1.807) is 0 Å². The number of rotatable bonds is 7. The largest absolute Gasteiger partial charge is 0.457 e. The van der Waals surface area contributed by atoms with Gasteiger partial charge in [0.2, 0.25) is 0 Å². The molecule has 7 nitrogen and oxygen atoms in total. The summed E-state index contributed by atoms with van der Waals surface area (Å²) in [6, 6.07) is 22.5. The monoisotopic (exact) mass is 455 g/mol. The number of aromatic nitrogens is 2. The molecule has 3 aromatic carbocycles. The number of likely N-dealkylation sites (tertiary alicyclic amines) is 1. The van der Waals surface area contributed by atoms with Crippen molar-refractivity contribution < 1.29 is 9.53 Å². The van der Waals surface area contributed by atoms with E-state index in [1.807, 2.05) is 83.7 Å². The van der Waals surface area contributed by atoms with E-state index in [2.05, 4.69) is 20.6 Å². The number of carbonyl (C=O) groups is 1. The van der Waals surface area contributed by atoms with Crippen LogP contribution in [-0.4, -0.2) is 40.3 Å². The van der Waals surface area contributed by atoms with Crippen molar-refractivity contribution in [3.05, 3.63) is 79.0 Å². The molecule has 174 valence electrons. The van der Waals surface area contributed by atoms with Gasteiger partial charge in [-0.15, -0.1) is 0 Å². The average Bonchev–Trinajstić information content (AvgIpc) is 3.27. The smallest absolute Gasteiger partial charge is 0.323 e. The molecule has 2 heterocycles. The number of benzene rings is 3. The molecule has 1 aromatic heterocycles. The summed E-state index contributed by atoms with van der Waals surface area (Å²) in [4.78, 5) is 15.0. The molecule has 0 unspecified atom stereocenters. The second-order valence-electron chi connectivity index (χ2n) is 8.56. The van der Waals surface area contributed by atoms with Crippen molar-refractivity contribution in [1.29, 1.82) is 0 Å². The highest BCUT2D eigenvalue weighted by molar-refractivity contribution is 6.01. The molecular weight excluding hydrogens is 426 g/mol. The van der Waals surface area contributed by atoms with Crippen LogP contribution in [0.1, 0.15) is 19.3 Å². The maximum Gasteiger partial charge on any atom is 0.323 e. The summed E-state index contributed by atoms with van der Waals surface area (Å²) >= 11 is 0. The Morgan fingerprint density at radius 3 is 2.32 bits per heavy atom. The highest BCUT2D eigenvalue weighted by atomic mass is 16.5. The van der Waals surface area contributed by atoms with E-state index >= 15 is 0 Å². The van der Waals surface area contributed by atoms with Crippen molar-refractivity contribution in [2.45, 2.75) is 25.8 Å². The number of urea groups is 1. The molecule has 1 saturated heterocycles. The number of nitrogens with zero attached hydrogens (tertiary/aromatic N) is 3. The Hall–Kier alpha value is -3.84. The van der Waals surface area contributed by atoms with E-state index in [1.165, 1.54) is 32.4 Å². The predicted octanol–water partition coefficient (Wildman–Crippen LogP) is 5.96. The standard InChI is InChI=1S/C27H29N5O2/c33-27(29-22-9-12-25(13-10-22)34-24-7-3-1-4-8-24)30-23-11-14-26-21(19-23)20-28-32(26)18-17-31-15-5-2-6-16-31/h1,3-4,7-14,19-20H,2,5-6,15-18H2,(H2,29,30,33). The molecule has 0 spiro atoms. The fourth-order valence-corrected chi connectivity index (χ4v) is 4.29. The number of carbonyl (C=O) groups excluding carboxylic acids is 1. The van der Waals surface area contributed by atoms with Crippen LogP contribution in [0.15, 0.2) is 79.0 Å². The molecule has 4 aromatic rings. The number of fused-ring (bicyclic) bond motifs is 1. The Balaban J connectivity index is 1.16. The van der Waals surface area contributed by atoms with Gasteiger partial charge in [0.15, 0.2) is 0 Å². The maximum absolute atomic E-state index is 12.5. The van der Waals surface area contributed by atoms with Crippen molar-refractivity contribution in [2.24, 2.45) is 0 Å². The minimum absolute atomic E-state index is 0.298. The maximum atomic E-state index is 12.5. The topological polar surface area (TPSA) is 71.4 Å². The van der Waals surface area contributed by atoms with Crippen LogP contribution < -0.4 is 15.4 Å². The Kier molecular flexibility index (Phi) is 6.72. The molecule has 0 saturated carbocycles. The number of nitrogens with one attached hydrogen (secondary N) is 2. The molecule has 2 amide bonds. The molecule has 1 aliphatic rings. The molecule has 2 N–H and O–H groups in total. The van der Waals surface area contributed by atoms with E-state index < -0.39 is 0 Å². The lowest BCUT2D eigenvalue weighted by molar-refractivity contribution is 0.219. The predicted molar refractivity (Wildman–Crippen MR) is 136 cm³/mol. The minimum atomic E-state index is -0.298. The van der Waals surface area contributed by atoms with Crippen LogP contribution in [-0.2, 0) is 6.54 Å². The van der Waals surface area contributed by atoms with Gasteiger partial charge >= 0.3 is 6.03 Å². The number of anilines is 2. The van der Waals surface area contributed by atoms with Crippen LogP contribution in [0.25, 0.3) is 10.9 Å². The number of hydrogen-bond donors (Lipinski definition) is 2. The summed E-state index contributed by atoms with van der Waals surface area (Å²) in [5.74, 6) is 1.48. The van der Waals surface area contributed by atoms with E-state index in [-0.39, 0.29) is 6.03 Å². The van der Waals surface area contributed by atoms with Crippen molar-refractivity contribution in [1.82, 2.24) is 14.7 Å². The summed E-state index contributed by atoms with van der Waals surface area (Å²) in [6.45, 7) is 4.27. The van der Waals surface area contributed by atoms with E-state index in [9.17, 15) is 4.79 Å². The lowest BCUT2D eigenvalue weighted by Crippen LogP contribution is -2.32. The van der Waals surface area contributed by atoms with E-state index in [4.69, 9.17) is 4.74 Å². The van der Waals surface area contributed by atoms with Crippen LogP contribution in [0.2, 0.25) is 0 Å². The lowest BCUT2D eigenvalue weighted by Gasteiger charge is -2.26. The minimum Gasteiger partial charge on any atom is -0.457 e. The highest BCUT2D eigenvalue weighted by Crippen LogP contribution is 2.23. The van der Waals surface area contributed by atoms with Gasteiger partial charge in [0, 0.05) is 23.3 Å². The molecule has 0 atom stereocenters. The summed E-state index contributed by atoms with van der Waals surface area (Å²) in [7, 11) is 0. The first-order chi connectivity index (χ1) is 16.7. The van der Waals surface area contributed by atoms with Gasteiger partial charge < -0.3 is 20.3 Å². The third kappa shape index (κ3) is 5.55. The number of hydrogen-bond acceptors (Lipinski definition) is 4. The van der Waals surface area contributed by atoms with Gasteiger partial charge in [0.1, 0.15) is 11.5 Å². The van der Waals surface area contributed by atoms with Crippen molar-refractivity contribution >= 4 is 28.3 Å². The van der Waals surface area contributed by atoms with E-state index in [0.717, 1.165) is 35.4 Å². The summed E-state index contributed by atoms with van der Waals surface area (Å²) in [6.07, 6.45) is 5.80. The zero-order valence-corrected chi connectivity index (χ0v) is 19.1. The van der Waals surface area contributed by atoms with Gasteiger partial charge in [-0.05, 0) is 80.5 Å².